The van der Waals surface area contributed by atoms with Crippen LogP contribution in [-0.4, -0.2) is 34.2 Å². The number of hydrogen-bond acceptors (Lipinski definition) is 5. The second-order valence-corrected chi connectivity index (χ2v) is 6.43. The van der Waals surface area contributed by atoms with Gasteiger partial charge in [0.1, 0.15) is 23.7 Å². The average Bonchev–Trinajstić information content (AvgIpc) is 2.87. The van der Waals surface area contributed by atoms with Gasteiger partial charge in [0.15, 0.2) is 0 Å². The summed E-state index contributed by atoms with van der Waals surface area (Å²) in [7, 11) is 0. The summed E-state index contributed by atoms with van der Waals surface area (Å²) in [6.45, 7) is 0.476. The summed E-state index contributed by atoms with van der Waals surface area (Å²) in [5, 5.41) is 15.4. The molecule has 1 fully saturated rings. The van der Waals surface area contributed by atoms with Gasteiger partial charge in [-0.05, 0) is 31.2 Å². The number of hydrogen-bond donors (Lipinski definition) is 2. The van der Waals surface area contributed by atoms with Crippen LogP contribution in [0.1, 0.15) is 12.5 Å². The van der Waals surface area contributed by atoms with E-state index in [0.29, 0.717) is 4.90 Å². The highest BCUT2D eigenvalue weighted by Crippen LogP contribution is 2.31. The monoisotopic (exact) mass is 404 g/mol. The lowest BCUT2D eigenvalue weighted by Gasteiger charge is -2.22. The summed E-state index contributed by atoms with van der Waals surface area (Å²) in [6, 6.07) is 6.60. The number of imide groups is 1. The number of urea groups is 1. The van der Waals surface area contributed by atoms with Gasteiger partial charge in [-0.3, -0.25) is 24.6 Å². The van der Waals surface area contributed by atoms with E-state index in [1.165, 1.54) is 25.1 Å². The van der Waals surface area contributed by atoms with Crippen LogP contribution < -0.4 is 10.6 Å². The Labute approximate surface area is 162 Å². The Morgan fingerprint density at radius 3 is 2.66 bits per heavy atom. The fourth-order valence-electron chi connectivity index (χ4n) is 2.95. The number of carbonyl (C=O) groups is 3. The van der Waals surface area contributed by atoms with Crippen molar-refractivity contribution < 1.29 is 28.1 Å². The van der Waals surface area contributed by atoms with Crippen LogP contribution >= 0.6 is 0 Å². The summed E-state index contributed by atoms with van der Waals surface area (Å²) in [4.78, 5) is 47.8. The van der Waals surface area contributed by atoms with E-state index >= 15 is 0 Å². The van der Waals surface area contributed by atoms with Crippen LogP contribution in [0.4, 0.5) is 25.0 Å². The highest BCUT2D eigenvalue weighted by molar-refractivity contribution is 6.10. The maximum absolute atomic E-state index is 14.1. The first-order valence-corrected chi connectivity index (χ1v) is 8.26. The molecule has 0 unspecified atom stereocenters. The first-order chi connectivity index (χ1) is 13.6. The standard InChI is InChI=1S/C18H14F2N4O5/c1-18(13-7-10(19)5-6-14(13)20)16(26)23(17(27)22-18)9-15(25)21-11-3-2-4-12(8-11)24(28)29/h2-8H,9H2,1H3,(H,21,25)(H,22,27)/t18-/m1/s1. The minimum atomic E-state index is -1.89. The van der Waals surface area contributed by atoms with Gasteiger partial charge >= 0.3 is 6.03 Å². The highest BCUT2D eigenvalue weighted by atomic mass is 19.1. The molecule has 4 amide bonds. The van der Waals surface area contributed by atoms with Crippen molar-refractivity contribution in [3.8, 4) is 0 Å². The van der Waals surface area contributed by atoms with Crippen molar-refractivity contribution in [3.05, 3.63) is 69.8 Å². The number of rotatable bonds is 5. The van der Waals surface area contributed by atoms with Gasteiger partial charge < -0.3 is 10.6 Å². The number of carbonyl (C=O) groups excluding carboxylic acids is 3. The van der Waals surface area contributed by atoms with Crippen LogP contribution in [0.2, 0.25) is 0 Å². The van der Waals surface area contributed by atoms with E-state index in [0.717, 1.165) is 24.3 Å². The topological polar surface area (TPSA) is 122 Å². The van der Waals surface area contributed by atoms with E-state index in [9.17, 15) is 33.3 Å². The number of non-ortho nitro benzene ring substituents is 1. The number of nitro benzene ring substituents is 1. The van der Waals surface area contributed by atoms with Crippen LogP contribution in [0, 0.1) is 21.7 Å². The first kappa shape index (κ1) is 19.9. The van der Waals surface area contributed by atoms with Crippen molar-refractivity contribution in [1.29, 1.82) is 0 Å². The quantitative estimate of drug-likeness (QED) is 0.450. The van der Waals surface area contributed by atoms with Crippen molar-refractivity contribution in [2.45, 2.75) is 12.5 Å². The minimum absolute atomic E-state index is 0.0928. The molecular formula is C18H14F2N4O5. The van der Waals surface area contributed by atoms with Gasteiger partial charge in [-0.2, -0.15) is 0 Å². The van der Waals surface area contributed by atoms with Crippen LogP contribution in [0.5, 0.6) is 0 Å². The van der Waals surface area contributed by atoms with E-state index < -0.39 is 46.5 Å². The zero-order valence-electron chi connectivity index (χ0n) is 14.9. The van der Waals surface area contributed by atoms with E-state index in [1.807, 2.05) is 0 Å². The Hall–Kier alpha value is -3.89. The van der Waals surface area contributed by atoms with Gasteiger partial charge in [-0.25, -0.2) is 13.6 Å². The van der Waals surface area contributed by atoms with Gasteiger partial charge in [0.05, 0.1) is 4.92 Å². The fraction of sp³-hybridized carbons (Fsp3) is 0.167. The van der Waals surface area contributed by atoms with Gasteiger partial charge in [0, 0.05) is 23.4 Å². The zero-order chi connectivity index (χ0) is 21.3. The van der Waals surface area contributed by atoms with Crippen molar-refractivity contribution in [1.82, 2.24) is 10.2 Å². The van der Waals surface area contributed by atoms with Crippen molar-refractivity contribution in [2.75, 3.05) is 11.9 Å². The van der Waals surface area contributed by atoms with Gasteiger partial charge in [-0.15, -0.1) is 0 Å². The van der Waals surface area contributed by atoms with Crippen LogP contribution in [0.3, 0.4) is 0 Å². The Bertz CT molecular complexity index is 1040. The molecule has 0 aliphatic carbocycles. The molecule has 0 radical (unpaired) electrons. The van der Waals surface area contributed by atoms with E-state index in [2.05, 4.69) is 10.6 Å². The third-order valence-electron chi connectivity index (χ3n) is 4.38. The molecule has 1 aliphatic rings. The highest BCUT2D eigenvalue weighted by Gasteiger charge is 2.50. The number of benzene rings is 2. The van der Waals surface area contributed by atoms with Crippen molar-refractivity contribution >= 4 is 29.2 Å². The molecule has 0 bridgehead atoms. The molecule has 2 aromatic carbocycles. The number of nitrogens with zero attached hydrogens (tertiary/aromatic N) is 2. The molecule has 0 saturated carbocycles. The Kier molecular flexibility index (Phi) is 4.97. The number of nitrogens with one attached hydrogen (secondary N) is 2. The normalized spacial score (nSPS) is 18.5. The number of nitro groups is 1. The molecule has 1 saturated heterocycles. The average molecular weight is 404 g/mol. The largest absolute Gasteiger partial charge is 0.325 e. The van der Waals surface area contributed by atoms with Crippen LogP contribution in [0.15, 0.2) is 42.5 Å². The van der Waals surface area contributed by atoms with E-state index in [1.54, 1.807) is 0 Å². The zero-order valence-corrected chi connectivity index (χ0v) is 14.9. The molecule has 1 aliphatic heterocycles. The predicted molar refractivity (Wildman–Crippen MR) is 95.7 cm³/mol. The van der Waals surface area contributed by atoms with Gasteiger partial charge in [0.2, 0.25) is 5.91 Å². The molecule has 2 N–H and O–H groups in total. The molecule has 150 valence electrons. The number of halogens is 2. The Balaban J connectivity index is 1.78. The van der Waals surface area contributed by atoms with Crippen molar-refractivity contribution in [2.24, 2.45) is 0 Å². The van der Waals surface area contributed by atoms with Gasteiger partial charge in [-0.1, -0.05) is 6.07 Å². The molecule has 2 aromatic rings. The fourth-order valence-corrected chi connectivity index (χ4v) is 2.95. The second kappa shape index (κ2) is 7.26. The predicted octanol–water partition coefficient (Wildman–Crippen LogP) is 2.28. The summed E-state index contributed by atoms with van der Waals surface area (Å²) in [5.74, 6) is -3.45. The molecule has 0 spiro atoms. The number of anilines is 1. The summed E-state index contributed by atoms with van der Waals surface area (Å²) < 4.78 is 27.6. The molecule has 0 aromatic heterocycles. The third kappa shape index (κ3) is 3.74. The summed E-state index contributed by atoms with van der Waals surface area (Å²) >= 11 is 0. The molecule has 29 heavy (non-hydrogen) atoms. The SMILES string of the molecule is C[C@]1(c2cc(F)ccc2F)NC(=O)N(CC(=O)Nc2cccc([N+](=O)[O-])c2)C1=O. The maximum atomic E-state index is 14.1. The molecule has 11 heteroatoms. The second-order valence-electron chi connectivity index (χ2n) is 6.43. The van der Waals surface area contributed by atoms with E-state index in [4.69, 9.17) is 0 Å². The maximum Gasteiger partial charge on any atom is 0.325 e. The lowest BCUT2D eigenvalue weighted by molar-refractivity contribution is -0.384. The Morgan fingerprint density at radius 2 is 1.97 bits per heavy atom. The lowest BCUT2D eigenvalue weighted by Crippen LogP contribution is -2.42. The number of amides is 4. The molecule has 1 heterocycles. The molecular weight excluding hydrogens is 390 g/mol. The van der Waals surface area contributed by atoms with E-state index in [-0.39, 0.29) is 16.9 Å². The summed E-state index contributed by atoms with van der Waals surface area (Å²) in [6.07, 6.45) is 0. The van der Waals surface area contributed by atoms with Gasteiger partial charge in [0.25, 0.3) is 11.6 Å². The smallest absolute Gasteiger partial charge is 0.324 e. The molecule has 9 nitrogen and oxygen atoms in total. The molecule has 3 rings (SSSR count). The third-order valence-corrected chi connectivity index (χ3v) is 4.38. The van der Waals surface area contributed by atoms with Crippen LogP contribution in [0.25, 0.3) is 0 Å². The molecule has 1 atom stereocenters. The Morgan fingerprint density at radius 1 is 1.24 bits per heavy atom. The van der Waals surface area contributed by atoms with Crippen LogP contribution in [-0.2, 0) is 15.1 Å². The lowest BCUT2D eigenvalue weighted by atomic mass is 9.91. The first-order valence-electron chi connectivity index (χ1n) is 8.26. The summed E-state index contributed by atoms with van der Waals surface area (Å²) in [5.41, 5.74) is -2.44. The van der Waals surface area contributed by atoms with Crippen molar-refractivity contribution in [3.63, 3.8) is 0 Å². The minimum Gasteiger partial charge on any atom is -0.324 e.